The fourth-order valence-electron chi connectivity index (χ4n) is 2.36. The van der Waals surface area contributed by atoms with Crippen molar-refractivity contribution in [3.05, 3.63) is 53.3 Å². The summed E-state index contributed by atoms with van der Waals surface area (Å²) in [6.45, 7) is 1.78. The van der Waals surface area contributed by atoms with Gasteiger partial charge in [-0.2, -0.15) is 0 Å². The molecule has 0 unspecified atom stereocenters. The van der Waals surface area contributed by atoms with Gasteiger partial charge >= 0.3 is 0 Å². The van der Waals surface area contributed by atoms with Gasteiger partial charge in [0, 0.05) is 6.54 Å². The van der Waals surface area contributed by atoms with E-state index in [0.29, 0.717) is 23.5 Å². The van der Waals surface area contributed by atoms with Gasteiger partial charge in [0.05, 0.1) is 19.1 Å². The first kappa shape index (κ1) is 18.2. The quantitative estimate of drug-likeness (QED) is 0.831. The highest BCUT2D eigenvalue weighted by atomic mass is 32.2. The summed E-state index contributed by atoms with van der Waals surface area (Å²) >= 11 is 0. The number of benzene rings is 2. The van der Waals surface area contributed by atoms with E-state index in [1.165, 1.54) is 12.1 Å². The van der Waals surface area contributed by atoms with Crippen molar-refractivity contribution in [3.63, 3.8) is 0 Å². The molecule has 0 spiro atoms. The molecule has 0 aliphatic rings. The van der Waals surface area contributed by atoms with Crippen molar-refractivity contribution < 1.29 is 22.3 Å². The Morgan fingerprint density at radius 1 is 1.04 bits per heavy atom. The average Bonchev–Trinajstić information content (AvgIpc) is 2.54. The van der Waals surface area contributed by atoms with Crippen LogP contribution in [0.15, 0.2) is 41.3 Å². The van der Waals surface area contributed by atoms with Crippen LogP contribution in [0.25, 0.3) is 0 Å². The third-order valence-electron chi connectivity index (χ3n) is 3.58. The molecule has 2 rings (SSSR count). The van der Waals surface area contributed by atoms with Gasteiger partial charge in [-0.05, 0) is 54.8 Å². The molecule has 130 valence electrons. The topological polar surface area (TPSA) is 64.6 Å². The second-order valence-electron chi connectivity index (χ2n) is 5.25. The van der Waals surface area contributed by atoms with Crippen LogP contribution in [0.3, 0.4) is 0 Å². The van der Waals surface area contributed by atoms with Crippen LogP contribution in [0.2, 0.25) is 0 Å². The minimum absolute atomic E-state index is 0.0798. The summed E-state index contributed by atoms with van der Waals surface area (Å²) in [5.74, 6) is 0.743. The van der Waals surface area contributed by atoms with Crippen LogP contribution in [0.4, 0.5) is 4.39 Å². The van der Waals surface area contributed by atoms with Gasteiger partial charge in [-0.1, -0.05) is 6.07 Å². The number of hydrogen-bond acceptors (Lipinski definition) is 4. The van der Waals surface area contributed by atoms with Gasteiger partial charge in [-0.3, -0.25) is 0 Å². The van der Waals surface area contributed by atoms with Gasteiger partial charge < -0.3 is 9.47 Å². The van der Waals surface area contributed by atoms with Crippen LogP contribution in [-0.2, 0) is 16.4 Å². The number of halogens is 1. The van der Waals surface area contributed by atoms with Crippen molar-refractivity contribution in [3.8, 4) is 11.5 Å². The molecular weight excluding hydrogens is 333 g/mol. The largest absolute Gasteiger partial charge is 0.493 e. The van der Waals surface area contributed by atoms with Gasteiger partial charge in [-0.25, -0.2) is 17.5 Å². The van der Waals surface area contributed by atoms with E-state index in [9.17, 15) is 12.8 Å². The van der Waals surface area contributed by atoms with Crippen molar-refractivity contribution in [2.24, 2.45) is 0 Å². The Balaban J connectivity index is 2.05. The molecule has 0 radical (unpaired) electrons. The molecule has 24 heavy (non-hydrogen) atoms. The normalized spacial score (nSPS) is 11.3. The van der Waals surface area contributed by atoms with Crippen LogP contribution in [-0.4, -0.2) is 29.2 Å². The van der Waals surface area contributed by atoms with Crippen LogP contribution < -0.4 is 14.2 Å². The Bertz CT molecular complexity index is 821. The number of ether oxygens (including phenoxy) is 2. The van der Waals surface area contributed by atoms with Crippen molar-refractivity contribution in [1.82, 2.24) is 4.72 Å². The highest BCUT2D eigenvalue weighted by Crippen LogP contribution is 2.27. The number of aryl methyl sites for hydroxylation is 1. The molecule has 0 fully saturated rings. The van der Waals surface area contributed by atoms with E-state index in [4.69, 9.17) is 9.47 Å². The summed E-state index contributed by atoms with van der Waals surface area (Å²) < 4.78 is 50.6. The maximum absolute atomic E-state index is 13.1. The molecule has 1 N–H and O–H groups in total. The van der Waals surface area contributed by atoms with E-state index in [0.717, 1.165) is 11.6 Å². The molecule has 0 saturated heterocycles. The fourth-order valence-corrected chi connectivity index (χ4v) is 3.61. The van der Waals surface area contributed by atoms with Crippen LogP contribution in [0, 0.1) is 12.7 Å². The lowest BCUT2D eigenvalue weighted by Crippen LogP contribution is -2.26. The first-order valence-corrected chi connectivity index (χ1v) is 8.82. The predicted molar refractivity (Wildman–Crippen MR) is 89.6 cm³/mol. The number of sulfonamides is 1. The van der Waals surface area contributed by atoms with Crippen molar-refractivity contribution in [2.75, 3.05) is 20.8 Å². The van der Waals surface area contributed by atoms with Crippen molar-refractivity contribution in [2.45, 2.75) is 18.2 Å². The predicted octanol–water partition coefficient (Wildman–Crippen LogP) is 2.67. The molecule has 0 atom stereocenters. The number of rotatable bonds is 7. The summed E-state index contributed by atoms with van der Waals surface area (Å²) in [7, 11) is -0.583. The van der Waals surface area contributed by atoms with Gasteiger partial charge in [0.15, 0.2) is 11.5 Å². The average molecular weight is 353 g/mol. The second kappa shape index (κ2) is 7.63. The number of methoxy groups -OCH3 is 2. The Morgan fingerprint density at radius 2 is 1.75 bits per heavy atom. The third kappa shape index (κ3) is 4.24. The lowest BCUT2D eigenvalue weighted by Gasteiger charge is -2.11. The van der Waals surface area contributed by atoms with Crippen LogP contribution in [0.1, 0.15) is 11.1 Å². The Labute approximate surface area is 141 Å². The van der Waals surface area contributed by atoms with Crippen molar-refractivity contribution >= 4 is 10.0 Å². The fraction of sp³-hybridized carbons (Fsp3) is 0.294. The summed E-state index contributed by atoms with van der Waals surface area (Å²) in [5, 5.41) is 0. The molecule has 2 aromatic rings. The minimum atomic E-state index is -3.68. The van der Waals surface area contributed by atoms with E-state index >= 15 is 0 Å². The standard InChI is InChI=1S/C17H20FNO4S/c1-12-10-14(18)5-7-17(12)24(20,21)19-9-8-13-4-6-15(22-2)16(11-13)23-3/h4-7,10-11,19H,8-9H2,1-3H3. The lowest BCUT2D eigenvalue weighted by atomic mass is 10.1. The smallest absolute Gasteiger partial charge is 0.240 e. The van der Waals surface area contributed by atoms with Gasteiger partial charge in [0.2, 0.25) is 10.0 Å². The number of hydrogen-bond donors (Lipinski definition) is 1. The van der Waals surface area contributed by atoms with Crippen LogP contribution >= 0.6 is 0 Å². The maximum Gasteiger partial charge on any atom is 0.240 e. The molecule has 7 heteroatoms. The number of nitrogens with one attached hydrogen (secondary N) is 1. The molecule has 0 aliphatic carbocycles. The van der Waals surface area contributed by atoms with Crippen molar-refractivity contribution in [1.29, 1.82) is 0 Å². The molecule has 0 bridgehead atoms. The molecule has 5 nitrogen and oxygen atoms in total. The van der Waals surface area contributed by atoms with E-state index in [-0.39, 0.29) is 11.4 Å². The molecule has 0 amide bonds. The summed E-state index contributed by atoms with van der Waals surface area (Å²) in [5.41, 5.74) is 1.28. The summed E-state index contributed by atoms with van der Waals surface area (Å²) in [6, 6.07) is 9.02. The molecule has 0 aliphatic heterocycles. The highest BCUT2D eigenvalue weighted by Gasteiger charge is 2.16. The molecule has 0 saturated carbocycles. The first-order valence-electron chi connectivity index (χ1n) is 7.34. The minimum Gasteiger partial charge on any atom is -0.493 e. The monoisotopic (exact) mass is 353 g/mol. The molecule has 2 aromatic carbocycles. The zero-order valence-corrected chi connectivity index (χ0v) is 14.6. The zero-order chi connectivity index (χ0) is 17.7. The third-order valence-corrected chi connectivity index (χ3v) is 5.20. The van der Waals surface area contributed by atoms with E-state index < -0.39 is 15.8 Å². The SMILES string of the molecule is COc1ccc(CCNS(=O)(=O)c2ccc(F)cc2C)cc1OC. The maximum atomic E-state index is 13.1. The van der Waals surface area contributed by atoms with E-state index in [1.807, 2.05) is 6.07 Å². The zero-order valence-electron chi connectivity index (χ0n) is 13.8. The Hall–Kier alpha value is -2.12. The van der Waals surface area contributed by atoms with Crippen LogP contribution in [0.5, 0.6) is 11.5 Å². The van der Waals surface area contributed by atoms with Gasteiger partial charge in [-0.15, -0.1) is 0 Å². The summed E-state index contributed by atoms with van der Waals surface area (Å²) in [4.78, 5) is 0.0798. The van der Waals surface area contributed by atoms with Gasteiger partial charge in [0.1, 0.15) is 5.82 Å². The van der Waals surface area contributed by atoms with E-state index in [1.54, 1.807) is 33.3 Å². The van der Waals surface area contributed by atoms with E-state index in [2.05, 4.69) is 4.72 Å². The first-order chi connectivity index (χ1) is 11.4. The Morgan fingerprint density at radius 3 is 2.38 bits per heavy atom. The molecular formula is C17H20FNO4S. The summed E-state index contributed by atoms with van der Waals surface area (Å²) in [6.07, 6.45) is 0.486. The Kier molecular flexibility index (Phi) is 5.80. The highest BCUT2D eigenvalue weighted by molar-refractivity contribution is 7.89. The second-order valence-corrected chi connectivity index (χ2v) is 6.98. The molecule has 0 heterocycles. The van der Waals surface area contributed by atoms with Gasteiger partial charge in [0.25, 0.3) is 0 Å². The molecule has 0 aromatic heterocycles. The lowest BCUT2D eigenvalue weighted by molar-refractivity contribution is 0.354.